The van der Waals surface area contributed by atoms with Crippen LogP contribution in [0.1, 0.15) is 5.56 Å². The van der Waals surface area contributed by atoms with Crippen LogP contribution in [-0.4, -0.2) is 25.1 Å². The zero-order valence-electron chi connectivity index (χ0n) is 15.0. The third kappa shape index (κ3) is 3.81. The molecule has 9 nitrogen and oxygen atoms in total. The van der Waals surface area contributed by atoms with E-state index in [1.807, 2.05) is 24.3 Å². The van der Waals surface area contributed by atoms with Gasteiger partial charge in [-0.1, -0.05) is 18.2 Å². The average molecular weight is 386 g/mol. The van der Waals surface area contributed by atoms with Gasteiger partial charge in [0.15, 0.2) is 0 Å². The summed E-state index contributed by atoms with van der Waals surface area (Å²) in [6.07, 6.45) is 2.88. The molecule has 2 heterocycles. The maximum absolute atomic E-state index is 12.6. The summed E-state index contributed by atoms with van der Waals surface area (Å²) >= 11 is 0. The van der Waals surface area contributed by atoms with Crippen LogP contribution in [-0.2, 0) is 11.3 Å². The maximum atomic E-state index is 12.6. The van der Waals surface area contributed by atoms with Crippen molar-refractivity contribution < 1.29 is 9.53 Å². The van der Waals surface area contributed by atoms with E-state index in [4.69, 9.17) is 10.00 Å². The second-order valence-corrected chi connectivity index (χ2v) is 6.02. The van der Waals surface area contributed by atoms with Gasteiger partial charge in [0.25, 0.3) is 5.88 Å². The molecule has 9 heteroatoms. The summed E-state index contributed by atoms with van der Waals surface area (Å²) in [5.74, 6) is 0.273. The lowest BCUT2D eigenvalue weighted by Gasteiger charge is -2.04. The summed E-state index contributed by atoms with van der Waals surface area (Å²) in [4.78, 5) is 29.0. The summed E-state index contributed by atoms with van der Waals surface area (Å²) in [5, 5.41) is 15.7. The average Bonchev–Trinajstić information content (AvgIpc) is 3.06. The van der Waals surface area contributed by atoms with Gasteiger partial charge in [0.05, 0.1) is 11.6 Å². The molecule has 0 saturated carbocycles. The lowest BCUT2D eigenvalue weighted by Crippen LogP contribution is -2.28. The summed E-state index contributed by atoms with van der Waals surface area (Å²) < 4.78 is 8.01. The topological polar surface area (TPSA) is 114 Å². The van der Waals surface area contributed by atoms with Crippen molar-refractivity contribution in [3.63, 3.8) is 0 Å². The van der Waals surface area contributed by atoms with Crippen LogP contribution in [0.3, 0.4) is 0 Å². The van der Waals surface area contributed by atoms with Crippen LogP contribution in [0, 0.1) is 11.3 Å². The van der Waals surface area contributed by atoms with Crippen LogP contribution < -0.4 is 15.7 Å². The van der Waals surface area contributed by atoms with Gasteiger partial charge in [-0.3, -0.25) is 4.79 Å². The third-order valence-electron chi connectivity index (χ3n) is 4.02. The largest absolute Gasteiger partial charge is 0.436 e. The van der Waals surface area contributed by atoms with E-state index < -0.39 is 11.6 Å². The molecule has 0 radical (unpaired) electrons. The van der Waals surface area contributed by atoms with Crippen molar-refractivity contribution in [2.45, 2.75) is 6.54 Å². The maximum Gasteiger partial charge on any atom is 0.351 e. The quantitative estimate of drug-likeness (QED) is 0.562. The molecule has 4 rings (SSSR count). The molecule has 0 spiro atoms. The summed E-state index contributed by atoms with van der Waals surface area (Å²) in [6, 6.07) is 17.4. The normalized spacial score (nSPS) is 10.4. The van der Waals surface area contributed by atoms with E-state index in [0.717, 1.165) is 4.68 Å². The van der Waals surface area contributed by atoms with Crippen molar-refractivity contribution >= 4 is 17.2 Å². The molecular formula is C20H14N6O3. The number of nitriles is 1. The molecule has 0 unspecified atom stereocenters. The number of anilines is 1. The van der Waals surface area contributed by atoms with Gasteiger partial charge in [0, 0.05) is 18.1 Å². The number of benzene rings is 2. The first-order valence-corrected chi connectivity index (χ1v) is 8.61. The predicted molar refractivity (Wildman–Crippen MR) is 104 cm³/mol. The number of aromatic nitrogens is 4. The van der Waals surface area contributed by atoms with Crippen LogP contribution in [0.5, 0.6) is 11.6 Å². The minimum absolute atomic E-state index is 0.155. The monoisotopic (exact) mass is 386 g/mol. The van der Waals surface area contributed by atoms with Gasteiger partial charge in [-0.2, -0.15) is 5.26 Å². The van der Waals surface area contributed by atoms with E-state index in [1.165, 1.54) is 16.8 Å². The Balaban J connectivity index is 1.57. The second-order valence-electron chi connectivity index (χ2n) is 6.02. The Morgan fingerprint density at radius 2 is 1.90 bits per heavy atom. The molecule has 0 saturated heterocycles. The number of rotatable bonds is 5. The van der Waals surface area contributed by atoms with Crippen LogP contribution in [0.15, 0.2) is 71.8 Å². The van der Waals surface area contributed by atoms with Gasteiger partial charge < -0.3 is 10.1 Å². The highest BCUT2D eigenvalue weighted by Crippen LogP contribution is 2.21. The number of nitrogens with zero attached hydrogens (tertiary/aromatic N) is 5. The molecule has 29 heavy (non-hydrogen) atoms. The number of hydrogen-bond acceptors (Lipinski definition) is 6. The zero-order chi connectivity index (χ0) is 20.2. The van der Waals surface area contributed by atoms with Gasteiger partial charge in [0.1, 0.15) is 12.3 Å². The number of carbonyl (C=O) groups is 1. The fraction of sp³-hybridized carbons (Fsp3) is 0.0500. The Kier molecular flexibility index (Phi) is 4.74. The van der Waals surface area contributed by atoms with E-state index >= 15 is 0 Å². The standard InChI is InChI=1S/C20H14N6O3/c21-12-14-6-8-15(9-7-14)23-17(27)13-26-20(28)25-11-10-22-19(18(25)24-26)29-16-4-2-1-3-5-16/h1-11H,13H2,(H,23,27). The Morgan fingerprint density at radius 3 is 2.62 bits per heavy atom. The third-order valence-corrected chi connectivity index (χ3v) is 4.02. The molecule has 1 N–H and O–H groups in total. The van der Waals surface area contributed by atoms with E-state index in [9.17, 15) is 9.59 Å². The Morgan fingerprint density at radius 1 is 1.14 bits per heavy atom. The summed E-state index contributed by atoms with van der Waals surface area (Å²) in [5.41, 5.74) is 0.710. The number of ether oxygens (including phenoxy) is 1. The number of para-hydroxylation sites is 1. The first-order chi connectivity index (χ1) is 14.1. The van der Waals surface area contributed by atoms with E-state index in [-0.39, 0.29) is 18.1 Å². The fourth-order valence-corrected chi connectivity index (χ4v) is 2.67. The molecule has 0 atom stereocenters. The van der Waals surface area contributed by atoms with Gasteiger partial charge in [-0.25, -0.2) is 18.9 Å². The van der Waals surface area contributed by atoms with Gasteiger partial charge in [0.2, 0.25) is 11.6 Å². The fourth-order valence-electron chi connectivity index (χ4n) is 2.67. The Hall–Kier alpha value is -4.45. The molecule has 142 valence electrons. The molecular weight excluding hydrogens is 372 g/mol. The number of carbonyl (C=O) groups excluding carboxylic acids is 1. The molecule has 0 aliphatic heterocycles. The van der Waals surface area contributed by atoms with Gasteiger partial charge in [-0.05, 0) is 36.4 Å². The SMILES string of the molecule is N#Cc1ccc(NC(=O)Cn2nc3c(Oc4ccccc4)nccn3c2=O)cc1. The van der Waals surface area contributed by atoms with Crippen LogP contribution in [0.25, 0.3) is 5.65 Å². The molecule has 2 aromatic heterocycles. The predicted octanol–water partition coefficient (Wildman–Crippen LogP) is 2.19. The summed E-state index contributed by atoms with van der Waals surface area (Å²) in [6.45, 7) is -0.286. The number of fused-ring (bicyclic) bond motifs is 1. The Labute approximate surface area is 164 Å². The highest BCUT2D eigenvalue weighted by Gasteiger charge is 2.15. The lowest BCUT2D eigenvalue weighted by molar-refractivity contribution is -0.117. The molecule has 0 fully saturated rings. The molecule has 0 aliphatic carbocycles. The van der Waals surface area contributed by atoms with E-state index in [2.05, 4.69) is 15.4 Å². The molecule has 4 aromatic rings. The molecule has 0 bridgehead atoms. The van der Waals surface area contributed by atoms with Crippen molar-refractivity contribution in [3.8, 4) is 17.7 Å². The van der Waals surface area contributed by atoms with E-state index in [1.54, 1.807) is 36.4 Å². The highest BCUT2D eigenvalue weighted by atomic mass is 16.5. The second kappa shape index (κ2) is 7.66. The molecule has 0 aliphatic rings. The van der Waals surface area contributed by atoms with Crippen molar-refractivity contribution in [2.24, 2.45) is 0 Å². The molecule has 2 aromatic carbocycles. The zero-order valence-corrected chi connectivity index (χ0v) is 15.0. The smallest absolute Gasteiger partial charge is 0.351 e. The van der Waals surface area contributed by atoms with Gasteiger partial charge >= 0.3 is 5.69 Å². The Bertz CT molecular complexity index is 1270. The first-order valence-electron chi connectivity index (χ1n) is 8.61. The minimum Gasteiger partial charge on any atom is -0.436 e. The minimum atomic E-state index is -0.490. The van der Waals surface area contributed by atoms with Crippen LogP contribution in [0.4, 0.5) is 5.69 Å². The van der Waals surface area contributed by atoms with Crippen molar-refractivity contribution in [3.05, 3.63) is 83.0 Å². The van der Waals surface area contributed by atoms with Crippen LogP contribution >= 0.6 is 0 Å². The van der Waals surface area contributed by atoms with Crippen molar-refractivity contribution in [2.75, 3.05) is 5.32 Å². The molecule has 1 amide bonds. The highest BCUT2D eigenvalue weighted by molar-refractivity contribution is 5.90. The summed E-state index contributed by atoms with van der Waals surface area (Å²) in [7, 11) is 0. The lowest BCUT2D eigenvalue weighted by atomic mass is 10.2. The first kappa shape index (κ1) is 17.9. The number of nitrogens with one attached hydrogen (secondary N) is 1. The van der Waals surface area contributed by atoms with Crippen LogP contribution in [0.2, 0.25) is 0 Å². The number of hydrogen-bond donors (Lipinski definition) is 1. The number of amides is 1. The van der Waals surface area contributed by atoms with Gasteiger partial charge in [-0.15, -0.1) is 5.10 Å². The van der Waals surface area contributed by atoms with Crippen molar-refractivity contribution in [1.82, 2.24) is 19.2 Å². The van der Waals surface area contributed by atoms with Crippen molar-refractivity contribution in [1.29, 1.82) is 5.26 Å². The van der Waals surface area contributed by atoms with E-state index in [0.29, 0.717) is 17.0 Å².